The van der Waals surface area contributed by atoms with E-state index in [1.165, 1.54) is 19.3 Å². The van der Waals surface area contributed by atoms with Crippen molar-refractivity contribution >= 4 is 0 Å². The van der Waals surface area contributed by atoms with E-state index in [9.17, 15) is 4.39 Å². The molecule has 0 saturated carbocycles. The Labute approximate surface area is 101 Å². The molecule has 0 heterocycles. The lowest BCUT2D eigenvalue weighted by molar-refractivity contribution is 0.361. The molecule has 0 aliphatic carbocycles. The van der Waals surface area contributed by atoms with Crippen LogP contribution in [0.5, 0.6) is 0 Å². The maximum atomic E-state index is 12.8. The molecule has 0 aromatic carbocycles. The van der Waals surface area contributed by atoms with Crippen molar-refractivity contribution in [1.82, 2.24) is 0 Å². The van der Waals surface area contributed by atoms with Gasteiger partial charge in [-0.05, 0) is 44.1 Å². The van der Waals surface area contributed by atoms with Crippen molar-refractivity contribution < 1.29 is 4.39 Å². The fourth-order valence-electron chi connectivity index (χ4n) is 1.37. The second-order valence-corrected chi connectivity index (χ2v) is 5.76. The van der Waals surface area contributed by atoms with Gasteiger partial charge in [-0.3, -0.25) is 0 Å². The predicted octanol–water partition coefficient (Wildman–Crippen LogP) is 5.45. The molecule has 94 valence electrons. The molecule has 0 aromatic heterocycles. The average Bonchev–Trinajstić information content (AvgIpc) is 2.14. The van der Waals surface area contributed by atoms with Crippen LogP contribution < -0.4 is 0 Å². The maximum absolute atomic E-state index is 12.8. The number of rotatable bonds is 6. The third-order valence-corrected chi connectivity index (χ3v) is 2.67. The van der Waals surface area contributed by atoms with Crippen molar-refractivity contribution in [3.63, 3.8) is 0 Å². The van der Waals surface area contributed by atoms with E-state index in [0.29, 0.717) is 5.41 Å². The molecule has 0 spiro atoms. The molecular weight excluding hydrogens is 199 g/mol. The number of hydrogen-bond acceptors (Lipinski definition) is 0. The molecule has 0 rings (SSSR count). The summed E-state index contributed by atoms with van der Waals surface area (Å²) in [5.74, 6) is 0. The summed E-state index contributed by atoms with van der Waals surface area (Å²) >= 11 is 0. The lowest BCUT2D eigenvalue weighted by atomic mass is 9.89. The zero-order chi connectivity index (χ0) is 12.6. The van der Waals surface area contributed by atoms with Gasteiger partial charge in [-0.25, -0.2) is 4.39 Å². The summed E-state index contributed by atoms with van der Waals surface area (Å²) in [5.41, 5.74) is 1.25. The Bertz CT molecular complexity index is 228. The highest BCUT2D eigenvalue weighted by molar-refractivity contribution is 5.13. The summed E-state index contributed by atoms with van der Waals surface area (Å²) in [6.07, 6.45) is 10.0. The molecule has 0 radical (unpaired) electrons. The SMILES string of the molecule is C/C(=C\C=C/CCCCC(C)(C)C)C(C)F. The van der Waals surface area contributed by atoms with Crippen LogP contribution in [0.1, 0.15) is 60.3 Å². The lowest BCUT2D eigenvalue weighted by Gasteiger charge is -2.16. The Hall–Kier alpha value is -0.590. The second kappa shape index (κ2) is 7.65. The summed E-state index contributed by atoms with van der Waals surface area (Å²) in [4.78, 5) is 0. The van der Waals surface area contributed by atoms with Crippen LogP contribution in [0.25, 0.3) is 0 Å². The molecule has 0 saturated heterocycles. The largest absolute Gasteiger partial charge is 0.243 e. The predicted molar refractivity (Wildman–Crippen MR) is 71.4 cm³/mol. The van der Waals surface area contributed by atoms with E-state index in [-0.39, 0.29) is 0 Å². The molecule has 0 bridgehead atoms. The fourth-order valence-corrected chi connectivity index (χ4v) is 1.37. The smallest absolute Gasteiger partial charge is 0.118 e. The van der Waals surface area contributed by atoms with Crippen LogP contribution in [0, 0.1) is 5.41 Å². The van der Waals surface area contributed by atoms with Crippen LogP contribution in [0.15, 0.2) is 23.8 Å². The number of hydrogen-bond donors (Lipinski definition) is 0. The summed E-state index contributed by atoms with van der Waals surface area (Å²) in [6, 6.07) is 0. The maximum Gasteiger partial charge on any atom is 0.118 e. The Morgan fingerprint density at radius 3 is 2.38 bits per heavy atom. The summed E-state index contributed by atoms with van der Waals surface area (Å²) in [7, 11) is 0. The van der Waals surface area contributed by atoms with Gasteiger partial charge in [0.15, 0.2) is 0 Å². The molecule has 1 atom stereocenters. The van der Waals surface area contributed by atoms with Gasteiger partial charge in [-0.15, -0.1) is 0 Å². The van der Waals surface area contributed by atoms with Crippen molar-refractivity contribution in [3.05, 3.63) is 23.8 Å². The molecule has 0 N–H and O–H groups in total. The minimum absolute atomic E-state index is 0.448. The first-order valence-corrected chi connectivity index (χ1v) is 6.30. The van der Waals surface area contributed by atoms with Gasteiger partial charge in [0, 0.05) is 0 Å². The van der Waals surface area contributed by atoms with Gasteiger partial charge in [0.05, 0.1) is 0 Å². The van der Waals surface area contributed by atoms with Crippen molar-refractivity contribution in [2.45, 2.75) is 66.5 Å². The van der Waals surface area contributed by atoms with E-state index in [0.717, 1.165) is 12.0 Å². The van der Waals surface area contributed by atoms with E-state index in [2.05, 4.69) is 26.8 Å². The lowest BCUT2D eigenvalue weighted by Crippen LogP contribution is -2.03. The number of alkyl halides is 1. The Balaban J connectivity index is 3.60. The first kappa shape index (κ1) is 15.4. The van der Waals surface area contributed by atoms with Crippen molar-refractivity contribution in [2.75, 3.05) is 0 Å². The average molecular weight is 226 g/mol. The molecule has 0 amide bonds. The number of allylic oxidation sites excluding steroid dienone is 4. The minimum atomic E-state index is -0.828. The monoisotopic (exact) mass is 226 g/mol. The van der Waals surface area contributed by atoms with Gasteiger partial charge < -0.3 is 0 Å². The summed E-state index contributed by atoms with van der Waals surface area (Å²) in [5, 5.41) is 0. The molecular formula is C15H27F. The molecule has 0 aliphatic heterocycles. The number of unbranched alkanes of at least 4 members (excludes halogenated alkanes) is 2. The van der Waals surface area contributed by atoms with E-state index in [1.807, 2.05) is 19.1 Å². The quantitative estimate of drug-likeness (QED) is 0.417. The van der Waals surface area contributed by atoms with Crippen LogP contribution in [-0.2, 0) is 0 Å². The molecule has 0 aliphatic rings. The third kappa shape index (κ3) is 9.95. The Kier molecular flexibility index (Phi) is 7.36. The van der Waals surface area contributed by atoms with Crippen LogP contribution in [0.2, 0.25) is 0 Å². The Morgan fingerprint density at radius 1 is 1.25 bits per heavy atom. The van der Waals surface area contributed by atoms with Crippen LogP contribution in [0.4, 0.5) is 4.39 Å². The van der Waals surface area contributed by atoms with Crippen molar-refractivity contribution in [1.29, 1.82) is 0 Å². The van der Waals surface area contributed by atoms with Gasteiger partial charge in [0.25, 0.3) is 0 Å². The number of halogens is 1. The minimum Gasteiger partial charge on any atom is -0.243 e. The standard InChI is InChI=1S/C15H27F/c1-13(14(2)16)11-9-7-6-8-10-12-15(3,4)5/h7,9,11,14H,6,8,10,12H2,1-5H3/b9-7-,13-11+. The van der Waals surface area contributed by atoms with E-state index >= 15 is 0 Å². The first-order chi connectivity index (χ1) is 7.33. The third-order valence-electron chi connectivity index (χ3n) is 2.67. The summed E-state index contributed by atoms with van der Waals surface area (Å²) < 4.78 is 12.8. The molecule has 0 nitrogen and oxygen atoms in total. The highest BCUT2D eigenvalue weighted by atomic mass is 19.1. The van der Waals surface area contributed by atoms with Gasteiger partial charge in [-0.2, -0.15) is 0 Å². The fraction of sp³-hybridized carbons (Fsp3) is 0.733. The molecule has 0 fully saturated rings. The van der Waals surface area contributed by atoms with Gasteiger partial charge in [-0.1, -0.05) is 45.4 Å². The van der Waals surface area contributed by atoms with Crippen LogP contribution in [-0.4, -0.2) is 6.17 Å². The topological polar surface area (TPSA) is 0 Å². The van der Waals surface area contributed by atoms with Crippen LogP contribution >= 0.6 is 0 Å². The highest BCUT2D eigenvalue weighted by Crippen LogP contribution is 2.21. The van der Waals surface area contributed by atoms with E-state index in [4.69, 9.17) is 0 Å². The highest BCUT2D eigenvalue weighted by Gasteiger charge is 2.08. The van der Waals surface area contributed by atoms with Gasteiger partial charge >= 0.3 is 0 Å². The van der Waals surface area contributed by atoms with Gasteiger partial charge in [0.2, 0.25) is 0 Å². The van der Waals surface area contributed by atoms with Crippen LogP contribution in [0.3, 0.4) is 0 Å². The van der Waals surface area contributed by atoms with E-state index < -0.39 is 6.17 Å². The van der Waals surface area contributed by atoms with Crippen molar-refractivity contribution in [3.8, 4) is 0 Å². The second-order valence-electron chi connectivity index (χ2n) is 5.76. The normalized spacial score (nSPS) is 15.8. The first-order valence-electron chi connectivity index (χ1n) is 6.30. The van der Waals surface area contributed by atoms with Gasteiger partial charge in [0.1, 0.15) is 6.17 Å². The zero-order valence-corrected chi connectivity index (χ0v) is 11.5. The summed E-state index contributed by atoms with van der Waals surface area (Å²) in [6.45, 7) is 10.2. The van der Waals surface area contributed by atoms with E-state index in [1.54, 1.807) is 6.92 Å². The molecule has 0 aromatic rings. The zero-order valence-electron chi connectivity index (χ0n) is 11.5. The Morgan fingerprint density at radius 2 is 1.88 bits per heavy atom. The van der Waals surface area contributed by atoms with Crippen molar-refractivity contribution in [2.24, 2.45) is 5.41 Å². The molecule has 1 heteroatoms. The molecule has 16 heavy (non-hydrogen) atoms. The molecule has 1 unspecified atom stereocenters.